The van der Waals surface area contributed by atoms with Crippen LogP contribution in [0.3, 0.4) is 0 Å². The average molecular weight is 434 g/mol. The first-order valence-electron chi connectivity index (χ1n) is 10.6. The summed E-state index contributed by atoms with van der Waals surface area (Å²) in [5.74, 6) is -0.110. The maximum atomic E-state index is 12.8. The van der Waals surface area contributed by atoms with E-state index in [1.165, 1.54) is 4.90 Å². The van der Waals surface area contributed by atoms with Crippen molar-refractivity contribution in [2.45, 2.75) is 45.4 Å². The Bertz CT molecular complexity index is 1090. The van der Waals surface area contributed by atoms with E-state index < -0.39 is 12.1 Å². The lowest BCUT2D eigenvalue weighted by molar-refractivity contribution is -0.138. The first-order chi connectivity index (χ1) is 15.4. The number of aryl methyl sites for hydroxylation is 2. The van der Waals surface area contributed by atoms with Crippen LogP contribution in [0.2, 0.25) is 0 Å². The summed E-state index contributed by atoms with van der Waals surface area (Å²) in [6, 6.07) is 12.9. The summed E-state index contributed by atoms with van der Waals surface area (Å²) in [4.78, 5) is 31.2. The summed E-state index contributed by atoms with van der Waals surface area (Å²) >= 11 is 0. The number of pyridine rings is 1. The van der Waals surface area contributed by atoms with Crippen LogP contribution < -0.4 is 5.32 Å². The Hall–Kier alpha value is -3.52. The molecule has 2 amide bonds. The van der Waals surface area contributed by atoms with E-state index in [0.29, 0.717) is 18.0 Å². The number of nitrogens with one attached hydrogen (secondary N) is 1. The lowest BCUT2D eigenvalue weighted by Crippen LogP contribution is -2.46. The van der Waals surface area contributed by atoms with Gasteiger partial charge in [0, 0.05) is 43.0 Å². The van der Waals surface area contributed by atoms with Crippen molar-refractivity contribution in [2.24, 2.45) is 0 Å². The highest BCUT2D eigenvalue weighted by Gasteiger charge is 2.38. The number of hydrogen-bond acceptors (Lipinski definition) is 6. The lowest BCUT2D eigenvalue weighted by atomic mass is 10.1. The van der Waals surface area contributed by atoms with Crippen LogP contribution >= 0.6 is 0 Å². The molecule has 3 heterocycles. The third kappa shape index (κ3) is 5.03. The van der Waals surface area contributed by atoms with Gasteiger partial charge in [0.25, 0.3) is 0 Å². The van der Waals surface area contributed by atoms with Crippen LogP contribution in [0, 0.1) is 13.8 Å². The minimum atomic E-state index is -0.728. The van der Waals surface area contributed by atoms with Crippen molar-refractivity contribution in [3.8, 4) is 11.1 Å². The van der Waals surface area contributed by atoms with Crippen molar-refractivity contribution in [1.82, 2.24) is 20.4 Å². The second-order valence-electron chi connectivity index (χ2n) is 8.17. The standard InChI is InChI=1S/C24H26N4O4/c1-15-3-6-19(13-25-15)18-7-4-17(5-8-18)12-26-24(31)22-10-20(29)14-28(22)23(30)11-21-9-16(2)27-32-21/h3-9,13,20,22,29H,10-12,14H2,1-2H3,(H,26,31)/t20-,22+/m1/s1. The number of amides is 2. The Balaban J connectivity index is 1.35. The van der Waals surface area contributed by atoms with Crippen LogP contribution in [0.4, 0.5) is 0 Å². The van der Waals surface area contributed by atoms with Crippen molar-refractivity contribution in [3.05, 3.63) is 71.4 Å². The van der Waals surface area contributed by atoms with Gasteiger partial charge in [-0.3, -0.25) is 14.6 Å². The molecule has 32 heavy (non-hydrogen) atoms. The summed E-state index contributed by atoms with van der Waals surface area (Å²) < 4.78 is 5.11. The zero-order valence-corrected chi connectivity index (χ0v) is 18.1. The van der Waals surface area contributed by atoms with Gasteiger partial charge in [-0.25, -0.2) is 0 Å². The summed E-state index contributed by atoms with van der Waals surface area (Å²) in [7, 11) is 0. The van der Waals surface area contributed by atoms with Crippen molar-refractivity contribution in [2.75, 3.05) is 6.54 Å². The summed E-state index contributed by atoms with van der Waals surface area (Å²) in [6.07, 6.45) is 1.33. The Morgan fingerprint density at radius 2 is 1.88 bits per heavy atom. The topological polar surface area (TPSA) is 109 Å². The van der Waals surface area contributed by atoms with Crippen LogP contribution in [-0.4, -0.2) is 50.7 Å². The minimum Gasteiger partial charge on any atom is -0.391 e. The number of likely N-dealkylation sites (tertiary alicyclic amines) is 1. The molecule has 1 saturated heterocycles. The molecule has 2 N–H and O–H groups in total. The predicted octanol–water partition coefficient (Wildman–Crippen LogP) is 2.17. The molecule has 166 valence electrons. The highest BCUT2D eigenvalue weighted by atomic mass is 16.5. The Kier molecular flexibility index (Phi) is 6.32. The molecule has 8 heteroatoms. The summed E-state index contributed by atoms with van der Waals surface area (Å²) in [5, 5.41) is 16.7. The fraction of sp³-hybridized carbons (Fsp3) is 0.333. The van der Waals surface area contributed by atoms with Gasteiger partial charge in [0.1, 0.15) is 11.8 Å². The molecule has 1 aliphatic rings. The quantitative estimate of drug-likeness (QED) is 0.616. The molecule has 0 bridgehead atoms. The monoisotopic (exact) mass is 434 g/mol. The molecule has 2 aromatic heterocycles. The third-order valence-electron chi connectivity index (χ3n) is 5.57. The lowest BCUT2D eigenvalue weighted by Gasteiger charge is -2.23. The molecule has 1 aliphatic heterocycles. The van der Waals surface area contributed by atoms with Gasteiger partial charge in [0.15, 0.2) is 0 Å². The van der Waals surface area contributed by atoms with E-state index >= 15 is 0 Å². The molecule has 8 nitrogen and oxygen atoms in total. The van der Waals surface area contributed by atoms with Crippen molar-refractivity contribution in [1.29, 1.82) is 0 Å². The second-order valence-corrected chi connectivity index (χ2v) is 8.17. The second kappa shape index (κ2) is 9.32. The number of aliphatic hydroxyl groups is 1. The van der Waals surface area contributed by atoms with E-state index in [-0.39, 0.29) is 31.2 Å². The van der Waals surface area contributed by atoms with Crippen LogP contribution in [0.25, 0.3) is 11.1 Å². The van der Waals surface area contributed by atoms with E-state index in [1.807, 2.05) is 49.5 Å². The fourth-order valence-electron chi connectivity index (χ4n) is 3.85. The smallest absolute Gasteiger partial charge is 0.243 e. The number of rotatable bonds is 6. The van der Waals surface area contributed by atoms with Crippen LogP contribution in [0.15, 0.2) is 53.2 Å². The van der Waals surface area contributed by atoms with Crippen LogP contribution in [0.5, 0.6) is 0 Å². The van der Waals surface area contributed by atoms with Gasteiger partial charge in [0.2, 0.25) is 11.8 Å². The maximum Gasteiger partial charge on any atom is 0.243 e. The van der Waals surface area contributed by atoms with Crippen molar-refractivity contribution in [3.63, 3.8) is 0 Å². The first kappa shape index (κ1) is 21.7. The number of hydrogen-bond donors (Lipinski definition) is 2. The largest absolute Gasteiger partial charge is 0.391 e. The maximum absolute atomic E-state index is 12.8. The van der Waals surface area contributed by atoms with E-state index in [2.05, 4.69) is 15.5 Å². The summed E-state index contributed by atoms with van der Waals surface area (Å²) in [5.41, 5.74) is 4.67. The highest BCUT2D eigenvalue weighted by Crippen LogP contribution is 2.21. The van der Waals surface area contributed by atoms with E-state index in [0.717, 1.165) is 22.4 Å². The number of aliphatic hydroxyl groups excluding tert-OH is 1. The van der Waals surface area contributed by atoms with Crippen LogP contribution in [0.1, 0.15) is 29.1 Å². The van der Waals surface area contributed by atoms with Crippen molar-refractivity contribution >= 4 is 11.8 Å². The van der Waals surface area contributed by atoms with Crippen LogP contribution in [-0.2, 0) is 22.6 Å². The Labute approximate surface area is 186 Å². The molecule has 4 rings (SSSR count). The zero-order chi connectivity index (χ0) is 22.7. The Morgan fingerprint density at radius 1 is 1.12 bits per heavy atom. The Morgan fingerprint density at radius 3 is 2.53 bits per heavy atom. The fourth-order valence-corrected chi connectivity index (χ4v) is 3.85. The van der Waals surface area contributed by atoms with E-state index in [1.54, 1.807) is 13.0 Å². The molecule has 0 spiro atoms. The molecule has 0 saturated carbocycles. The molecule has 0 aliphatic carbocycles. The average Bonchev–Trinajstić information content (AvgIpc) is 3.38. The molecule has 1 aromatic carbocycles. The van der Waals surface area contributed by atoms with Gasteiger partial charge >= 0.3 is 0 Å². The third-order valence-corrected chi connectivity index (χ3v) is 5.57. The van der Waals surface area contributed by atoms with Gasteiger partial charge in [-0.05, 0) is 31.0 Å². The van der Waals surface area contributed by atoms with Gasteiger partial charge in [-0.1, -0.05) is 35.5 Å². The molecular formula is C24H26N4O4. The number of aromatic nitrogens is 2. The van der Waals surface area contributed by atoms with Gasteiger partial charge in [-0.2, -0.15) is 0 Å². The number of benzene rings is 1. The van der Waals surface area contributed by atoms with Crippen molar-refractivity contribution < 1.29 is 19.2 Å². The minimum absolute atomic E-state index is 0.00662. The molecule has 0 radical (unpaired) electrons. The zero-order valence-electron chi connectivity index (χ0n) is 18.1. The normalized spacial score (nSPS) is 18.0. The molecule has 1 fully saturated rings. The summed E-state index contributed by atoms with van der Waals surface area (Å²) in [6.45, 7) is 4.19. The molecule has 0 unspecified atom stereocenters. The molecular weight excluding hydrogens is 408 g/mol. The molecule has 3 aromatic rings. The first-order valence-corrected chi connectivity index (χ1v) is 10.6. The van der Waals surface area contributed by atoms with Gasteiger partial charge in [0.05, 0.1) is 18.2 Å². The van der Waals surface area contributed by atoms with E-state index in [9.17, 15) is 14.7 Å². The number of nitrogens with zero attached hydrogens (tertiary/aromatic N) is 3. The molecule has 2 atom stereocenters. The number of β-amino-alcohol motifs (C(OH)–C–C–N with tert-alkyl or cyclic N) is 1. The number of carbonyl (C=O) groups excluding carboxylic acids is 2. The van der Waals surface area contributed by atoms with Gasteiger partial charge < -0.3 is 19.8 Å². The van der Waals surface area contributed by atoms with E-state index in [4.69, 9.17) is 4.52 Å². The number of carbonyl (C=O) groups is 2. The predicted molar refractivity (Wildman–Crippen MR) is 117 cm³/mol. The van der Waals surface area contributed by atoms with Gasteiger partial charge in [-0.15, -0.1) is 0 Å². The SMILES string of the molecule is Cc1ccc(-c2ccc(CNC(=O)[C@@H]3C[C@@H](O)CN3C(=O)Cc3cc(C)no3)cc2)cn1. The highest BCUT2D eigenvalue weighted by molar-refractivity contribution is 5.89.